The van der Waals surface area contributed by atoms with Gasteiger partial charge in [0.25, 0.3) is 5.56 Å². The number of nitriles is 1. The molecule has 10 heteroatoms. The van der Waals surface area contributed by atoms with Gasteiger partial charge >= 0.3 is 6.61 Å². The number of nitrogens with zero attached hydrogens (tertiary/aromatic N) is 3. The molecule has 0 aliphatic rings. The zero-order valence-electron chi connectivity index (χ0n) is 17.4. The SMILES string of the molecule is N#Cc1ccc(NC(=O)CSc2nc3ccccc3c(=O)n2-c2ccc(OC(F)F)cc2)cc1. The van der Waals surface area contributed by atoms with Crippen LogP contribution in [0.1, 0.15) is 5.56 Å². The number of aromatic nitrogens is 2. The first-order valence-corrected chi connectivity index (χ1v) is 10.9. The van der Waals surface area contributed by atoms with E-state index in [1.54, 1.807) is 48.5 Å². The lowest BCUT2D eigenvalue weighted by Gasteiger charge is -2.14. The second-order valence-electron chi connectivity index (χ2n) is 6.95. The van der Waals surface area contributed by atoms with Crippen LogP contribution in [0.15, 0.2) is 82.7 Å². The van der Waals surface area contributed by atoms with Gasteiger partial charge < -0.3 is 10.1 Å². The molecule has 0 fully saturated rings. The van der Waals surface area contributed by atoms with Crippen LogP contribution in [-0.4, -0.2) is 27.8 Å². The quantitative estimate of drug-likeness (QED) is 0.308. The predicted molar refractivity (Wildman–Crippen MR) is 124 cm³/mol. The van der Waals surface area contributed by atoms with Crippen molar-refractivity contribution in [3.63, 3.8) is 0 Å². The van der Waals surface area contributed by atoms with Crippen LogP contribution in [-0.2, 0) is 4.79 Å². The number of carbonyl (C=O) groups is 1. The van der Waals surface area contributed by atoms with Gasteiger partial charge in [0.05, 0.1) is 34.0 Å². The summed E-state index contributed by atoms with van der Waals surface area (Å²) >= 11 is 1.06. The molecular formula is C24H16F2N4O3S. The van der Waals surface area contributed by atoms with Crippen molar-refractivity contribution in [2.45, 2.75) is 11.8 Å². The number of fused-ring (bicyclic) bond motifs is 1. The third-order valence-corrected chi connectivity index (χ3v) is 5.63. The summed E-state index contributed by atoms with van der Waals surface area (Å²) in [6.45, 7) is -2.96. The average molecular weight is 478 g/mol. The van der Waals surface area contributed by atoms with Crippen molar-refractivity contribution in [3.05, 3.63) is 88.7 Å². The first-order chi connectivity index (χ1) is 16.4. The van der Waals surface area contributed by atoms with E-state index in [-0.39, 0.29) is 28.1 Å². The Labute approximate surface area is 196 Å². The molecule has 0 saturated carbocycles. The summed E-state index contributed by atoms with van der Waals surface area (Å²) in [5, 5.41) is 12.2. The van der Waals surface area contributed by atoms with Gasteiger partial charge in [-0.15, -0.1) is 0 Å². The number of ether oxygens (including phenoxy) is 1. The van der Waals surface area contributed by atoms with Crippen molar-refractivity contribution in [3.8, 4) is 17.5 Å². The van der Waals surface area contributed by atoms with Crippen molar-refractivity contribution in [1.29, 1.82) is 5.26 Å². The largest absolute Gasteiger partial charge is 0.435 e. The highest BCUT2D eigenvalue weighted by Crippen LogP contribution is 2.24. The van der Waals surface area contributed by atoms with E-state index < -0.39 is 6.61 Å². The Morgan fingerprint density at radius 2 is 1.79 bits per heavy atom. The second-order valence-corrected chi connectivity index (χ2v) is 7.89. The molecule has 1 amide bonds. The van der Waals surface area contributed by atoms with Crippen molar-refractivity contribution in [2.24, 2.45) is 0 Å². The maximum Gasteiger partial charge on any atom is 0.387 e. The number of para-hydroxylation sites is 1. The van der Waals surface area contributed by atoms with Gasteiger partial charge in [0.15, 0.2) is 5.16 Å². The number of benzene rings is 3. The van der Waals surface area contributed by atoms with Crippen molar-refractivity contribution < 1.29 is 18.3 Å². The van der Waals surface area contributed by atoms with Crippen LogP contribution in [0.4, 0.5) is 14.5 Å². The van der Waals surface area contributed by atoms with Gasteiger partial charge in [-0.1, -0.05) is 23.9 Å². The van der Waals surface area contributed by atoms with E-state index in [0.29, 0.717) is 27.8 Å². The van der Waals surface area contributed by atoms with E-state index >= 15 is 0 Å². The number of hydrogen-bond acceptors (Lipinski definition) is 6. The summed E-state index contributed by atoms with van der Waals surface area (Å²) in [5.41, 5.74) is 1.50. The van der Waals surface area contributed by atoms with Gasteiger partial charge in [0.1, 0.15) is 5.75 Å². The zero-order chi connectivity index (χ0) is 24.1. The Bertz CT molecular complexity index is 1430. The molecule has 170 valence electrons. The molecule has 1 aromatic heterocycles. The monoisotopic (exact) mass is 478 g/mol. The van der Waals surface area contributed by atoms with E-state index in [9.17, 15) is 18.4 Å². The minimum Gasteiger partial charge on any atom is -0.435 e. The Morgan fingerprint density at radius 3 is 2.47 bits per heavy atom. The smallest absolute Gasteiger partial charge is 0.387 e. The Kier molecular flexibility index (Phi) is 6.85. The summed E-state index contributed by atoms with van der Waals surface area (Å²) < 4.78 is 30.6. The molecule has 0 unspecified atom stereocenters. The van der Waals surface area contributed by atoms with E-state index in [0.717, 1.165) is 11.8 Å². The van der Waals surface area contributed by atoms with Crippen LogP contribution in [0.3, 0.4) is 0 Å². The lowest BCUT2D eigenvalue weighted by Crippen LogP contribution is -2.23. The van der Waals surface area contributed by atoms with Crippen molar-refractivity contribution >= 4 is 34.3 Å². The standard InChI is InChI=1S/C24H16F2N4O3S/c25-23(26)33-18-11-9-17(10-12-18)30-22(32)19-3-1-2-4-20(19)29-24(30)34-14-21(31)28-16-7-5-15(13-27)6-8-16/h1-12,23H,14H2,(H,28,31). The number of anilines is 1. The van der Waals surface area contributed by atoms with Crippen LogP contribution in [0.25, 0.3) is 16.6 Å². The number of hydrogen-bond donors (Lipinski definition) is 1. The van der Waals surface area contributed by atoms with Gasteiger partial charge in [0.2, 0.25) is 5.91 Å². The maximum atomic E-state index is 13.2. The molecule has 34 heavy (non-hydrogen) atoms. The topological polar surface area (TPSA) is 97.0 Å². The molecule has 7 nitrogen and oxygen atoms in total. The van der Waals surface area contributed by atoms with Crippen LogP contribution < -0.4 is 15.6 Å². The van der Waals surface area contributed by atoms with Crippen LogP contribution in [0.2, 0.25) is 0 Å². The molecule has 3 aromatic carbocycles. The fourth-order valence-corrected chi connectivity index (χ4v) is 3.98. The summed E-state index contributed by atoms with van der Waals surface area (Å²) in [6.07, 6.45) is 0. The number of alkyl halides is 2. The van der Waals surface area contributed by atoms with Gasteiger partial charge in [-0.2, -0.15) is 14.0 Å². The molecule has 0 aliphatic carbocycles. The molecule has 0 spiro atoms. The van der Waals surface area contributed by atoms with E-state index in [4.69, 9.17) is 5.26 Å². The van der Waals surface area contributed by atoms with E-state index in [1.165, 1.54) is 28.8 Å². The summed E-state index contributed by atoms with van der Waals surface area (Å²) in [6, 6.07) is 20.8. The molecule has 4 rings (SSSR count). The Balaban J connectivity index is 1.62. The first kappa shape index (κ1) is 22.9. The first-order valence-electron chi connectivity index (χ1n) is 9.94. The number of nitrogens with one attached hydrogen (secondary N) is 1. The van der Waals surface area contributed by atoms with Crippen molar-refractivity contribution in [1.82, 2.24) is 9.55 Å². The molecule has 0 aliphatic heterocycles. The lowest BCUT2D eigenvalue weighted by atomic mass is 10.2. The third-order valence-electron chi connectivity index (χ3n) is 4.70. The molecular weight excluding hydrogens is 462 g/mol. The van der Waals surface area contributed by atoms with Gasteiger partial charge in [-0.05, 0) is 60.7 Å². The highest BCUT2D eigenvalue weighted by molar-refractivity contribution is 7.99. The number of carbonyl (C=O) groups excluding carboxylic acids is 1. The number of amides is 1. The Hall–Kier alpha value is -4.23. The fraction of sp³-hybridized carbons (Fsp3) is 0.0833. The van der Waals surface area contributed by atoms with Crippen LogP contribution in [0, 0.1) is 11.3 Å². The maximum absolute atomic E-state index is 13.2. The normalized spacial score (nSPS) is 10.8. The number of rotatable bonds is 7. The molecule has 1 heterocycles. The highest BCUT2D eigenvalue weighted by Gasteiger charge is 2.15. The van der Waals surface area contributed by atoms with Gasteiger partial charge in [-0.3, -0.25) is 14.2 Å². The third kappa shape index (κ3) is 5.22. The average Bonchev–Trinajstić information content (AvgIpc) is 2.84. The summed E-state index contributed by atoms with van der Waals surface area (Å²) in [7, 11) is 0. The molecule has 0 atom stereocenters. The fourth-order valence-electron chi connectivity index (χ4n) is 3.17. The molecule has 1 N–H and O–H groups in total. The van der Waals surface area contributed by atoms with Crippen LogP contribution in [0.5, 0.6) is 5.75 Å². The minimum absolute atomic E-state index is 0.0443. The Morgan fingerprint density at radius 1 is 1.09 bits per heavy atom. The molecule has 4 aromatic rings. The molecule has 0 radical (unpaired) electrons. The highest BCUT2D eigenvalue weighted by atomic mass is 32.2. The van der Waals surface area contributed by atoms with E-state index in [1.807, 2.05) is 6.07 Å². The molecule has 0 bridgehead atoms. The summed E-state index contributed by atoms with van der Waals surface area (Å²) in [5.74, 6) is -0.418. The predicted octanol–water partition coefficient (Wildman–Crippen LogP) is 4.59. The second kappa shape index (κ2) is 10.1. The van der Waals surface area contributed by atoms with E-state index in [2.05, 4.69) is 15.0 Å². The molecule has 0 saturated heterocycles. The van der Waals surface area contributed by atoms with Gasteiger partial charge in [-0.25, -0.2) is 4.98 Å². The van der Waals surface area contributed by atoms with Crippen molar-refractivity contribution in [2.75, 3.05) is 11.1 Å². The van der Waals surface area contributed by atoms with Gasteiger partial charge in [0, 0.05) is 5.69 Å². The zero-order valence-corrected chi connectivity index (χ0v) is 18.3. The number of thioether (sulfide) groups is 1. The minimum atomic E-state index is -2.96. The number of halogens is 2. The summed E-state index contributed by atoms with van der Waals surface area (Å²) in [4.78, 5) is 30.3. The van der Waals surface area contributed by atoms with Crippen LogP contribution >= 0.6 is 11.8 Å². The lowest BCUT2D eigenvalue weighted by molar-refractivity contribution is -0.113.